The highest BCUT2D eigenvalue weighted by Gasteiger charge is 2.44. The van der Waals surface area contributed by atoms with Gasteiger partial charge in [-0.2, -0.15) is 13.2 Å². The van der Waals surface area contributed by atoms with E-state index in [0.29, 0.717) is 6.54 Å². The second-order valence-corrected chi connectivity index (χ2v) is 6.74. The Morgan fingerprint density at radius 3 is 2.70 bits per heavy atom. The Bertz CT molecular complexity index is 891. The maximum atomic E-state index is 14.3. The summed E-state index contributed by atoms with van der Waals surface area (Å²) in [6.07, 6.45) is -5.43. The van der Waals surface area contributed by atoms with Gasteiger partial charge < -0.3 is 14.6 Å². The van der Waals surface area contributed by atoms with Crippen molar-refractivity contribution in [1.82, 2.24) is 4.90 Å². The summed E-state index contributed by atoms with van der Waals surface area (Å²) < 4.78 is 73.1. The average Bonchev–Trinajstić information content (AvgIpc) is 2.87. The van der Waals surface area contributed by atoms with Crippen molar-refractivity contribution in [2.75, 3.05) is 25.5 Å². The molecule has 146 valence electrons. The molecule has 2 aromatic rings. The molecule has 0 spiro atoms. The standard InChI is InChI=1S/C19H19F5N2O/c1-3-5-15-13(10-19(22,23)24)12-6-4-7-14(17(12)27-15)25-16-8-9-26(2)11-18(16,20)21/h4,6-7,16,25H,8-11H2,1-2H3. The molecule has 1 aromatic heterocycles. The molecule has 0 saturated carbocycles. The maximum Gasteiger partial charge on any atom is 0.393 e. The number of nitrogens with one attached hydrogen (secondary N) is 1. The van der Waals surface area contributed by atoms with E-state index in [0.717, 1.165) is 0 Å². The lowest BCUT2D eigenvalue weighted by Gasteiger charge is -2.37. The van der Waals surface area contributed by atoms with Gasteiger partial charge in [-0.05, 0) is 32.4 Å². The van der Waals surface area contributed by atoms with Crippen LogP contribution in [0.1, 0.15) is 24.7 Å². The van der Waals surface area contributed by atoms with Crippen LogP contribution in [0.25, 0.3) is 11.0 Å². The van der Waals surface area contributed by atoms with Gasteiger partial charge in [0.2, 0.25) is 0 Å². The van der Waals surface area contributed by atoms with Gasteiger partial charge in [0.1, 0.15) is 0 Å². The lowest BCUT2D eigenvalue weighted by molar-refractivity contribution is -0.127. The van der Waals surface area contributed by atoms with Crippen LogP contribution in [0.4, 0.5) is 27.6 Å². The molecule has 1 N–H and O–H groups in total. The second-order valence-electron chi connectivity index (χ2n) is 6.74. The number of hydrogen-bond acceptors (Lipinski definition) is 3. The number of para-hydroxylation sites is 1. The first kappa shape index (κ1) is 19.5. The molecule has 1 unspecified atom stereocenters. The van der Waals surface area contributed by atoms with E-state index in [2.05, 4.69) is 17.2 Å². The molecule has 3 rings (SSSR count). The lowest BCUT2D eigenvalue weighted by atomic mass is 10.00. The van der Waals surface area contributed by atoms with E-state index in [4.69, 9.17) is 4.42 Å². The Labute approximate surface area is 153 Å². The minimum Gasteiger partial charge on any atom is -0.445 e. The number of likely N-dealkylation sites (tertiary alicyclic amines) is 1. The Morgan fingerprint density at radius 1 is 1.33 bits per heavy atom. The van der Waals surface area contributed by atoms with Crippen LogP contribution in [-0.2, 0) is 6.42 Å². The van der Waals surface area contributed by atoms with Gasteiger partial charge >= 0.3 is 6.18 Å². The summed E-state index contributed by atoms with van der Waals surface area (Å²) in [4.78, 5) is 1.54. The maximum absolute atomic E-state index is 14.3. The number of benzene rings is 1. The number of alkyl halides is 5. The Kier molecular flexibility index (Phi) is 5.08. The molecule has 1 aliphatic rings. The zero-order valence-corrected chi connectivity index (χ0v) is 14.9. The molecular formula is C19H19F5N2O. The Balaban J connectivity index is 2.02. The van der Waals surface area contributed by atoms with Crippen molar-refractivity contribution in [2.45, 2.75) is 37.9 Å². The van der Waals surface area contributed by atoms with Gasteiger partial charge in [-0.25, -0.2) is 8.78 Å². The predicted molar refractivity (Wildman–Crippen MR) is 93.0 cm³/mol. The Morgan fingerprint density at radius 2 is 2.07 bits per heavy atom. The zero-order valence-electron chi connectivity index (χ0n) is 14.9. The van der Waals surface area contributed by atoms with Crippen LogP contribution in [0.3, 0.4) is 0 Å². The van der Waals surface area contributed by atoms with Gasteiger partial charge in [-0.1, -0.05) is 18.1 Å². The van der Waals surface area contributed by atoms with Crippen molar-refractivity contribution >= 4 is 16.7 Å². The molecule has 1 saturated heterocycles. The fraction of sp³-hybridized carbons (Fsp3) is 0.474. The first-order valence-electron chi connectivity index (χ1n) is 8.47. The normalized spacial score (nSPS) is 20.3. The number of piperidine rings is 1. The number of rotatable bonds is 3. The number of nitrogens with zero attached hydrogens (tertiary/aromatic N) is 1. The minimum absolute atomic E-state index is 0.0781. The van der Waals surface area contributed by atoms with Gasteiger partial charge in [0.05, 0.1) is 24.7 Å². The molecule has 1 aliphatic heterocycles. The van der Waals surface area contributed by atoms with Crippen LogP contribution in [0.5, 0.6) is 0 Å². The van der Waals surface area contributed by atoms with E-state index in [1.165, 1.54) is 25.1 Å². The third-order valence-corrected chi connectivity index (χ3v) is 4.55. The van der Waals surface area contributed by atoms with Crippen molar-refractivity contribution in [2.24, 2.45) is 0 Å². The van der Waals surface area contributed by atoms with E-state index < -0.39 is 24.6 Å². The van der Waals surface area contributed by atoms with Crippen LogP contribution in [0.15, 0.2) is 22.6 Å². The van der Waals surface area contributed by atoms with Crippen LogP contribution in [0, 0.1) is 11.8 Å². The van der Waals surface area contributed by atoms with E-state index in [-0.39, 0.29) is 40.9 Å². The number of anilines is 1. The topological polar surface area (TPSA) is 28.4 Å². The average molecular weight is 386 g/mol. The SMILES string of the molecule is CC#Cc1oc2c(NC3CCN(C)CC3(F)F)cccc2c1CC(F)(F)F. The van der Waals surface area contributed by atoms with E-state index >= 15 is 0 Å². The fourth-order valence-electron chi connectivity index (χ4n) is 3.35. The van der Waals surface area contributed by atoms with Crippen molar-refractivity contribution in [1.29, 1.82) is 0 Å². The predicted octanol–water partition coefficient (Wildman–Crippen LogP) is 4.66. The van der Waals surface area contributed by atoms with Gasteiger partial charge in [0.15, 0.2) is 11.3 Å². The molecule has 8 heteroatoms. The summed E-state index contributed by atoms with van der Waals surface area (Å²) in [6.45, 7) is 1.60. The molecule has 0 radical (unpaired) electrons. The first-order chi connectivity index (χ1) is 12.6. The number of halogens is 5. The summed E-state index contributed by atoms with van der Waals surface area (Å²) in [5.41, 5.74) is 0.282. The van der Waals surface area contributed by atoms with Crippen LogP contribution in [0.2, 0.25) is 0 Å². The summed E-state index contributed by atoms with van der Waals surface area (Å²) in [6, 6.07) is 3.41. The van der Waals surface area contributed by atoms with E-state index in [1.807, 2.05) is 0 Å². The lowest BCUT2D eigenvalue weighted by Crippen LogP contribution is -2.53. The third kappa shape index (κ3) is 4.19. The monoisotopic (exact) mass is 386 g/mol. The zero-order chi connectivity index (χ0) is 19.8. The van der Waals surface area contributed by atoms with Crippen LogP contribution >= 0.6 is 0 Å². The van der Waals surface area contributed by atoms with E-state index in [9.17, 15) is 22.0 Å². The molecule has 3 nitrogen and oxygen atoms in total. The molecule has 0 amide bonds. The van der Waals surface area contributed by atoms with Gasteiger partial charge in [-0.15, -0.1) is 0 Å². The molecule has 0 aliphatic carbocycles. The molecule has 1 atom stereocenters. The smallest absolute Gasteiger partial charge is 0.393 e. The fourth-order valence-corrected chi connectivity index (χ4v) is 3.35. The van der Waals surface area contributed by atoms with Crippen molar-refractivity contribution in [3.63, 3.8) is 0 Å². The molecule has 1 fully saturated rings. The van der Waals surface area contributed by atoms with Crippen LogP contribution in [-0.4, -0.2) is 43.2 Å². The summed E-state index contributed by atoms with van der Waals surface area (Å²) in [5, 5.41) is 3.01. The Hall–Kier alpha value is -2.27. The van der Waals surface area contributed by atoms with E-state index in [1.54, 1.807) is 11.9 Å². The number of fused-ring (bicyclic) bond motifs is 1. The van der Waals surface area contributed by atoms with Gasteiger partial charge in [-0.3, -0.25) is 0 Å². The first-order valence-corrected chi connectivity index (χ1v) is 8.47. The van der Waals surface area contributed by atoms with Crippen molar-refractivity contribution in [3.05, 3.63) is 29.5 Å². The summed E-state index contributed by atoms with van der Waals surface area (Å²) in [7, 11) is 1.62. The highest BCUT2D eigenvalue weighted by atomic mass is 19.4. The largest absolute Gasteiger partial charge is 0.445 e. The van der Waals surface area contributed by atoms with Gasteiger partial charge in [0.25, 0.3) is 5.92 Å². The highest BCUT2D eigenvalue weighted by Crippen LogP contribution is 2.37. The highest BCUT2D eigenvalue weighted by molar-refractivity contribution is 5.93. The number of furan rings is 1. The molecule has 0 bridgehead atoms. The summed E-state index contributed by atoms with van der Waals surface area (Å²) in [5.74, 6) is 2.02. The van der Waals surface area contributed by atoms with Crippen molar-refractivity contribution in [3.8, 4) is 11.8 Å². The number of hydrogen-bond donors (Lipinski definition) is 1. The summed E-state index contributed by atoms with van der Waals surface area (Å²) >= 11 is 0. The minimum atomic E-state index is -4.44. The molecule has 27 heavy (non-hydrogen) atoms. The second kappa shape index (κ2) is 7.04. The molecular weight excluding hydrogens is 367 g/mol. The quantitative estimate of drug-likeness (QED) is 0.614. The molecule has 1 aromatic carbocycles. The van der Waals surface area contributed by atoms with Gasteiger partial charge in [0, 0.05) is 17.5 Å². The van der Waals surface area contributed by atoms with Crippen LogP contribution < -0.4 is 5.32 Å². The molecule has 2 heterocycles. The van der Waals surface area contributed by atoms with Crippen molar-refractivity contribution < 1.29 is 26.4 Å². The third-order valence-electron chi connectivity index (χ3n) is 4.55.